The number of tetrazole rings is 1. The summed E-state index contributed by atoms with van der Waals surface area (Å²) >= 11 is 0. The smallest absolute Gasteiger partial charge is 0.240 e. The minimum atomic E-state index is -3.27. The van der Waals surface area contributed by atoms with Gasteiger partial charge in [0.05, 0.1) is 5.75 Å². The highest BCUT2D eigenvalue weighted by molar-refractivity contribution is 7.92. The van der Waals surface area contributed by atoms with Gasteiger partial charge in [-0.2, -0.15) is 0 Å². The summed E-state index contributed by atoms with van der Waals surface area (Å²) in [5.41, 5.74) is 0. The van der Waals surface area contributed by atoms with Gasteiger partial charge >= 0.3 is 0 Å². The molecular formula is C5H11N5O2S. The van der Waals surface area contributed by atoms with Crippen LogP contribution in [0.4, 0.5) is 5.95 Å². The highest BCUT2D eigenvalue weighted by Gasteiger charge is 2.20. The van der Waals surface area contributed by atoms with Gasteiger partial charge in [0.15, 0.2) is 0 Å². The van der Waals surface area contributed by atoms with Gasteiger partial charge in [0.25, 0.3) is 5.95 Å². The van der Waals surface area contributed by atoms with E-state index in [1.165, 1.54) is 11.7 Å². The van der Waals surface area contributed by atoms with Crippen molar-refractivity contribution in [2.75, 3.05) is 17.1 Å². The third-order valence-electron chi connectivity index (χ3n) is 1.66. The van der Waals surface area contributed by atoms with E-state index in [0.29, 0.717) is 0 Å². The number of aromatic nitrogens is 4. The molecule has 0 aliphatic heterocycles. The van der Waals surface area contributed by atoms with Gasteiger partial charge in [0, 0.05) is 14.1 Å². The van der Waals surface area contributed by atoms with E-state index in [1.807, 2.05) is 0 Å². The van der Waals surface area contributed by atoms with Crippen LogP contribution in [0.15, 0.2) is 0 Å². The Balaban J connectivity index is 3.05. The second-order valence-electron chi connectivity index (χ2n) is 2.47. The lowest BCUT2D eigenvalue weighted by Crippen LogP contribution is -2.30. The van der Waals surface area contributed by atoms with Crippen molar-refractivity contribution >= 4 is 16.0 Å². The molecule has 0 aliphatic carbocycles. The quantitative estimate of drug-likeness (QED) is 0.632. The normalized spacial score (nSPS) is 11.6. The molecule has 0 spiro atoms. The first-order valence-electron chi connectivity index (χ1n) is 3.68. The third-order valence-corrected chi connectivity index (χ3v) is 3.39. The van der Waals surface area contributed by atoms with E-state index in [0.717, 1.165) is 4.31 Å². The van der Waals surface area contributed by atoms with Crippen LogP contribution in [0.5, 0.6) is 0 Å². The lowest BCUT2D eigenvalue weighted by Gasteiger charge is -2.14. The predicted octanol–water partition coefficient (Wildman–Crippen LogP) is -1.00. The summed E-state index contributed by atoms with van der Waals surface area (Å²) in [7, 11) is -0.272. The van der Waals surface area contributed by atoms with E-state index in [4.69, 9.17) is 0 Å². The first-order chi connectivity index (χ1) is 5.99. The molecule has 0 bridgehead atoms. The number of anilines is 1. The molecule has 0 aromatic carbocycles. The van der Waals surface area contributed by atoms with Gasteiger partial charge < -0.3 is 0 Å². The van der Waals surface area contributed by atoms with Gasteiger partial charge in [-0.3, -0.25) is 0 Å². The molecule has 0 aliphatic rings. The molecule has 1 aromatic heterocycles. The summed E-state index contributed by atoms with van der Waals surface area (Å²) in [4.78, 5) is 0. The highest BCUT2D eigenvalue weighted by Crippen LogP contribution is 2.09. The Morgan fingerprint density at radius 2 is 2.15 bits per heavy atom. The first kappa shape index (κ1) is 9.90. The molecule has 1 rings (SSSR count). The molecule has 0 atom stereocenters. The summed E-state index contributed by atoms with van der Waals surface area (Å²) in [6.45, 7) is 1.57. The van der Waals surface area contributed by atoms with Crippen LogP contribution in [-0.4, -0.2) is 41.4 Å². The zero-order valence-electron chi connectivity index (χ0n) is 7.67. The van der Waals surface area contributed by atoms with Crippen molar-refractivity contribution in [1.29, 1.82) is 0 Å². The third kappa shape index (κ3) is 1.77. The molecule has 0 N–H and O–H groups in total. The number of rotatable bonds is 3. The summed E-state index contributed by atoms with van der Waals surface area (Å²) in [6, 6.07) is 0. The predicted molar refractivity (Wildman–Crippen MR) is 46.7 cm³/mol. The Morgan fingerprint density at radius 3 is 2.54 bits per heavy atom. The molecule has 1 aromatic rings. The van der Waals surface area contributed by atoms with Crippen LogP contribution in [-0.2, 0) is 17.1 Å². The molecule has 0 radical (unpaired) electrons. The number of nitrogens with zero attached hydrogens (tertiary/aromatic N) is 5. The van der Waals surface area contributed by atoms with E-state index >= 15 is 0 Å². The zero-order valence-corrected chi connectivity index (χ0v) is 8.48. The molecular weight excluding hydrogens is 194 g/mol. The number of hydrogen-bond acceptors (Lipinski definition) is 5. The van der Waals surface area contributed by atoms with Crippen LogP contribution in [0.2, 0.25) is 0 Å². The lowest BCUT2D eigenvalue weighted by atomic mass is 10.9. The Labute approximate surface area is 76.4 Å². The molecule has 0 fully saturated rings. The van der Waals surface area contributed by atoms with Crippen molar-refractivity contribution in [3.05, 3.63) is 0 Å². The maximum Gasteiger partial charge on any atom is 0.258 e. The van der Waals surface area contributed by atoms with Gasteiger partial charge in [0.1, 0.15) is 0 Å². The van der Waals surface area contributed by atoms with E-state index in [2.05, 4.69) is 15.5 Å². The van der Waals surface area contributed by atoms with Crippen LogP contribution in [0, 0.1) is 0 Å². The summed E-state index contributed by atoms with van der Waals surface area (Å²) in [5.74, 6) is 0.234. The van der Waals surface area contributed by atoms with Crippen molar-refractivity contribution in [2.45, 2.75) is 6.92 Å². The van der Waals surface area contributed by atoms with Crippen molar-refractivity contribution in [3.63, 3.8) is 0 Å². The topological polar surface area (TPSA) is 81.0 Å². The van der Waals surface area contributed by atoms with Crippen LogP contribution in [0.1, 0.15) is 6.92 Å². The molecule has 0 saturated carbocycles. The molecule has 0 saturated heterocycles. The molecule has 13 heavy (non-hydrogen) atoms. The Kier molecular flexibility index (Phi) is 2.50. The lowest BCUT2D eigenvalue weighted by molar-refractivity contribution is 0.593. The van der Waals surface area contributed by atoms with Crippen LogP contribution in [0.3, 0.4) is 0 Å². The Hall–Kier alpha value is -1.18. The van der Waals surface area contributed by atoms with Crippen molar-refractivity contribution in [3.8, 4) is 0 Å². The summed E-state index contributed by atoms with van der Waals surface area (Å²) in [5, 5.41) is 10.5. The van der Waals surface area contributed by atoms with Gasteiger partial charge in [-0.1, -0.05) is 5.10 Å². The molecule has 74 valence electrons. The fourth-order valence-electron chi connectivity index (χ4n) is 0.810. The second kappa shape index (κ2) is 3.29. The monoisotopic (exact) mass is 205 g/mol. The minimum absolute atomic E-state index is 0.0242. The molecule has 8 heteroatoms. The largest absolute Gasteiger partial charge is 0.258 e. The SMILES string of the molecule is CCS(=O)(=O)N(C)c1nnnn1C. The van der Waals surface area contributed by atoms with Crippen LogP contribution >= 0.6 is 0 Å². The van der Waals surface area contributed by atoms with Crippen molar-refractivity contribution < 1.29 is 8.42 Å². The van der Waals surface area contributed by atoms with Crippen LogP contribution in [0.25, 0.3) is 0 Å². The number of aryl methyl sites for hydroxylation is 1. The Morgan fingerprint density at radius 1 is 1.54 bits per heavy atom. The second-order valence-corrected chi connectivity index (χ2v) is 4.76. The molecule has 7 nitrogen and oxygen atoms in total. The molecule has 1 heterocycles. The van der Waals surface area contributed by atoms with Gasteiger partial charge in [0.2, 0.25) is 10.0 Å². The van der Waals surface area contributed by atoms with E-state index in [1.54, 1.807) is 14.0 Å². The number of sulfonamides is 1. The summed E-state index contributed by atoms with van der Waals surface area (Å²) in [6.07, 6.45) is 0. The molecule has 0 unspecified atom stereocenters. The fraction of sp³-hybridized carbons (Fsp3) is 0.800. The summed E-state index contributed by atoms with van der Waals surface area (Å²) < 4.78 is 25.1. The maximum absolute atomic E-state index is 11.4. The van der Waals surface area contributed by atoms with Gasteiger partial charge in [-0.05, 0) is 17.4 Å². The minimum Gasteiger partial charge on any atom is -0.240 e. The van der Waals surface area contributed by atoms with Gasteiger partial charge in [-0.15, -0.1) is 0 Å². The number of hydrogen-bond donors (Lipinski definition) is 0. The van der Waals surface area contributed by atoms with E-state index in [9.17, 15) is 8.42 Å². The molecule has 0 amide bonds. The zero-order chi connectivity index (χ0) is 10.1. The standard InChI is InChI=1S/C5H11N5O2S/c1-4-13(11,12)10(3)5-6-7-8-9(5)2/h4H2,1-3H3. The maximum atomic E-state index is 11.4. The first-order valence-corrected chi connectivity index (χ1v) is 5.29. The average Bonchev–Trinajstić information content (AvgIpc) is 2.50. The van der Waals surface area contributed by atoms with E-state index < -0.39 is 10.0 Å². The van der Waals surface area contributed by atoms with Crippen LogP contribution < -0.4 is 4.31 Å². The van der Waals surface area contributed by atoms with Crippen molar-refractivity contribution in [1.82, 2.24) is 20.2 Å². The van der Waals surface area contributed by atoms with Gasteiger partial charge in [-0.25, -0.2) is 17.4 Å². The highest BCUT2D eigenvalue weighted by atomic mass is 32.2. The average molecular weight is 205 g/mol. The fourth-order valence-corrected chi connectivity index (χ4v) is 1.60. The Bertz CT molecular complexity index is 383. The van der Waals surface area contributed by atoms with Crippen molar-refractivity contribution in [2.24, 2.45) is 7.05 Å². The van der Waals surface area contributed by atoms with E-state index in [-0.39, 0.29) is 11.7 Å².